The van der Waals surface area contributed by atoms with Gasteiger partial charge in [-0.1, -0.05) is 38.1 Å². The predicted octanol–water partition coefficient (Wildman–Crippen LogP) is 0.895. The third kappa shape index (κ3) is 8.64. The Morgan fingerprint density at radius 2 is 1.35 bits per heavy atom. The molecule has 1 unspecified atom stereocenters. The van der Waals surface area contributed by atoms with Crippen molar-refractivity contribution < 1.29 is 29.7 Å². The number of hydrogen-bond donors (Lipinski definition) is 3. The van der Waals surface area contributed by atoms with Crippen LogP contribution < -0.4 is 0 Å². The quantitative estimate of drug-likeness (QED) is 0.519. The zero-order chi connectivity index (χ0) is 23.0. The van der Waals surface area contributed by atoms with Crippen molar-refractivity contribution in [3.8, 4) is 0 Å². The van der Waals surface area contributed by atoms with Crippen LogP contribution in [-0.2, 0) is 20.8 Å². The molecular weight excluding hydrogens is 402 g/mol. The summed E-state index contributed by atoms with van der Waals surface area (Å²) in [5.74, 6) is -2.48. The number of benzene rings is 1. The van der Waals surface area contributed by atoms with Gasteiger partial charge >= 0.3 is 17.9 Å². The van der Waals surface area contributed by atoms with Gasteiger partial charge in [-0.05, 0) is 23.5 Å². The Bertz CT molecular complexity index is 752. The maximum absolute atomic E-state index is 11.5. The first-order chi connectivity index (χ1) is 14.6. The Balaban J connectivity index is 2.27. The van der Waals surface area contributed by atoms with Crippen molar-refractivity contribution >= 4 is 17.9 Å². The van der Waals surface area contributed by atoms with Crippen LogP contribution in [0.25, 0.3) is 0 Å². The summed E-state index contributed by atoms with van der Waals surface area (Å²) in [6.45, 7) is 5.73. The van der Waals surface area contributed by atoms with E-state index in [1.807, 2.05) is 17.0 Å². The van der Waals surface area contributed by atoms with E-state index in [0.717, 1.165) is 5.56 Å². The monoisotopic (exact) mass is 435 g/mol. The average Bonchev–Trinajstić information content (AvgIpc) is 2.73. The second kappa shape index (κ2) is 11.8. The van der Waals surface area contributed by atoms with Crippen molar-refractivity contribution in [2.24, 2.45) is 0 Å². The smallest absolute Gasteiger partial charge is 0.317 e. The molecule has 1 atom stereocenters. The van der Waals surface area contributed by atoms with E-state index in [2.05, 4.69) is 26.0 Å². The molecule has 31 heavy (non-hydrogen) atoms. The molecule has 1 aromatic carbocycles. The van der Waals surface area contributed by atoms with Crippen LogP contribution in [0.15, 0.2) is 24.3 Å². The van der Waals surface area contributed by atoms with Gasteiger partial charge in [-0.25, -0.2) is 0 Å². The van der Waals surface area contributed by atoms with Crippen LogP contribution in [0.1, 0.15) is 30.9 Å². The molecule has 0 radical (unpaired) electrons. The second-order valence-electron chi connectivity index (χ2n) is 8.42. The van der Waals surface area contributed by atoms with E-state index in [1.165, 1.54) is 5.56 Å². The average molecular weight is 436 g/mol. The third-order valence-electron chi connectivity index (χ3n) is 5.60. The van der Waals surface area contributed by atoms with Gasteiger partial charge in [0, 0.05) is 38.8 Å². The number of carboxylic acids is 3. The topological polar surface area (TPSA) is 122 Å². The molecule has 172 valence electrons. The molecule has 0 saturated carbocycles. The third-order valence-corrected chi connectivity index (χ3v) is 5.60. The summed E-state index contributed by atoms with van der Waals surface area (Å²) in [6, 6.07) is 8.02. The summed E-state index contributed by atoms with van der Waals surface area (Å²) in [7, 11) is 0. The molecule has 9 heteroatoms. The number of rotatable bonds is 9. The predicted molar refractivity (Wildman–Crippen MR) is 115 cm³/mol. The molecule has 0 bridgehead atoms. The van der Waals surface area contributed by atoms with Crippen LogP contribution in [-0.4, -0.2) is 106 Å². The molecule has 0 aliphatic carbocycles. The van der Waals surface area contributed by atoms with Crippen LogP contribution in [0.4, 0.5) is 0 Å². The van der Waals surface area contributed by atoms with E-state index in [0.29, 0.717) is 45.1 Å². The van der Waals surface area contributed by atoms with Gasteiger partial charge in [0.15, 0.2) is 0 Å². The minimum Gasteiger partial charge on any atom is -0.480 e. The molecule has 2 rings (SSSR count). The van der Waals surface area contributed by atoms with E-state index >= 15 is 0 Å². The zero-order valence-electron chi connectivity index (χ0n) is 18.2. The summed E-state index contributed by atoms with van der Waals surface area (Å²) in [5, 5.41) is 27.9. The highest BCUT2D eigenvalue weighted by atomic mass is 16.4. The fraction of sp³-hybridized carbons (Fsp3) is 0.591. The lowest BCUT2D eigenvalue weighted by Crippen LogP contribution is -2.49. The normalized spacial score (nSPS) is 19.5. The highest BCUT2D eigenvalue weighted by Crippen LogP contribution is 2.18. The zero-order valence-corrected chi connectivity index (χ0v) is 18.2. The van der Waals surface area contributed by atoms with E-state index < -0.39 is 17.9 Å². The molecule has 1 aliphatic heterocycles. The fourth-order valence-electron chi connectivity index (χ4n) is 3.92. The number of hydrogen-bond acceptors (Lipinski definition) is 6. The molecule has 1 heterocycles. The molecule has 1 aromatic rings. The van der Waals surface area contributed by atoms with E-state index in [-0.39, 0.29) is 25.7 Å². The second-order valence-corrected chi connectivity index (χ2v) is 8.42. The van der Waals surface area contributed by atoms with Crippen molar-refractivity contribution in [2.45, 2.75) is 32.2 Å². The number of carbonyl (C=O) groups is 3. The molecule has 9 nitrogen and oxygen atoms in total. The molecule has 1 aliphatic rings. The van der Waals surface area contributed by atoms with Crippen LogP contribution in [0.5, 0.6) is 0 Å². The van der Waals surface area contributed by atoms with Gasteiger partial charge in [0.1, 0.15) is 0 Å². The lowest BCUT2D eigenvalue weighted by Gasteiger charge is -2.33. The highest BCUT2D eigenvalue weighted by molar-refractivity contribution is 5.70. The van der Waals surface area contributed by atoms with Crippen molar-refractivity contribution in [1.82, 2.24) is 14.7 Å². The SMILES string of the molecule is CC(C)c1ccc(CC2CN(CC(=O)O)CCN(CC(=O)O)CCN2CC(=O)O)cc1. The summed E-state index contributed by atoms with van der Waals surface area (Å²) in [5.41, 5.74) is 2.28. The maximum Gasteiger partial charge on any atom is 0.317 e. The van der Waals surface area contributed by atoms with Gasteiger partial charge in [-0.15, -0.1) is 0 Å². The van der Waals surface area contributed by atoms with Crippen molar-refractivity contribution in [1.29, 1.82) is 0 Å². The van der Waals surface area contributed by atoms with Crippen LogP contribution in [0, 0.1) is 0 Å². The van der Waals surface area contributed by atoms with Crippen LogP contribution in [0.3, 0.4) is 0 Å². The highest BCUT2D eigenvalue weighted by Gasteiger charge is 2.27. The Morgan fingerprint density at radius 1 is 0.839 bits per heavy atom. The molecule has 0 amide bonds. The Kier molecular flexibility index (Phi) is 9.42. The summed E-state index contributed by atoms with van der Waals surface area (Å²) in [4.78, 5) is 39.4. The van der Waals surface area contributed by atoms with Gasteiger partial charge in [0.05, 0.1) is 19.6 Å². The maximum atomic E-state index is 11.5. The Labute approximate surface area is 182 Å². The fourth-order valence-corrected chi connectivity index (χ4v) is 3.92. The van der Waals surface area contributed by atoms with Crippen molar-refractivity contribution in [3.05, 3.63) is 35.4 Å². The molecule has 1 fully saturated rings. The summed E-state index contributed by atoms with van der Waals surface area (Å²) in [6.07, 6.45) is 0.584. The summed E-state index contributed by atoms with van der Waals surface area (Å²) >= 11 is 0. The minimum atomic E-state index is -0.964. The van der Waals surface area contributed by atoms with E-state index in [4.69, 9.17) is 0 Å². The first-order valence-electron chi connectivity index (χ1n) is 10.6. The van der Waals surface area contributed by atoms with Gasteiger partial charge in [-0.3, -0.25) is 29.1 Å². The number of carboxylic acid groups (broad SMARTS) is 3. The van der Waals surface area contributed by atoms with Crippen LogP contribution >= 0.6 is 0 Å². The van der Waals surface area contributed by atoms with E-state index in [1.54, 1.807) is 9.80 Å². The van der Waals surface area contributed by atoms with Gasteiger partial charge in [0.25, 0.3) is 0 Å². The Hall–Kier alpha value is -2.49. The first-order valence-corrected chi connectivity index (χ1v) is 10.6. The van der Waals surface area contributed by atoms with Crippen molar-refractivity contribution in [2.75, 3.05) is 52.4 Å². The van der Waals surface area contributed by atoms with Gasteiger partial charge in [0.2, 0.25) is 0 Å². The number of aliphatic carboxylic acids is 3. The van der Waals surface area contributed by atoms with Gasteiger partial charge in [-0.2, -0.15) is 0 Å². The molecule has 0 spiro atoms. The van der Waals surface area contributed by atoms with E-state index in [9.17, 15) is 29.7 Å². The van der Waals surface area contributed by atoms with Gasteiger partial charge < -0.3 is 15.3 Å². The van der Waals surface area contributed by atoms with Crippen molar-refractivity contribution in [3.63, 3.8) is 0 Å². The largest absolute Gasteiger partial charge is 0.480 e. The molecule has 1 saturated heterocycles. The Morgan fingerprint density at radius 3 is 1.90 bits per heavy atom. The lowest BCUT2D eigenvalue weighted by molar-refractivity contribution is -0.140. The lowest BCUT2D eigenvalue weighted by atomic mass is 9.98. The summed E-state index contributed by atoms with van der Waals surface area (Å²) < 4.78 is 0. The standard InChI is InChI=1S/C22H33N3O6/c1-16(2)18-5-3-17(4-6-18)11-19-12-24(14-21(28)29)8-7-23(13-20(26)27)9-10-25(19)15-22(30)31/h3-6,16,19H,7-15H2,1-2H3,(H,26,27)(H,28,29)(H,30,31). The minimum absolute atomic E-state index is 0.164. The molecule has 0 aromatic heterocycles. The van der Waals surface area contributed by atoms with Crippen LogP contribution in [0.2, 0.25) is 0 Å². The molecule has 3 N–H and O–H groups in total. The number of nitrogens with zero attached hydrogens (tertiary/aromatic N) is 3. The first kappa shape index (κ1) is 24.8. The molecular formula is C22H33N3O6.